The number of pyridine rings is 1. The van der Waals surface area contributed by atoms with Crippen LogP contribution < -0.4 is 5.43 Å². The van der Waals surface area contributed by atoms with Gasteiger partial charge >= 0.3 is 0 Å². The highest BCUT2D eigenvalue weighted by Crippen LogP contribution is 2.26. The SMILES string of the molecule is O=C(c1c[nH]c2c(F)cc(F)cc2c1=O)N1CC2OCCN(Cc3ccccc3)C2C1. The standard InChI is InChI=1S/C23H21F2N3O3/c24-15-8-16-21(18(25)9-15)26-10-17(22(16)29)23(30)28-12-19-20(13-28)31-7-6-27(19)11-14-4-2-1-3-5-14/h1-5,8-10,19-20H,6-7,11-13H2,(H,26,29). The topological polar surface area (TPSA) is 65.6 Å². The maximum absolute atomic E-state index is 14.0. The molecule has 2 aliphatic rings. The van der Waals surface area contributed by atoms with Gasteiger partial charge in [0.1, 0.15) is 17.2 Å². The molecule has 2 atom stereocenters. The third-order valence-electron chi connectivity index (χ3n) is 6.07. The van der Waals surface area contributed by atoms with Gasteiger partial charge in [-0.25, -0.2) is 8.78 Å². The number of aromatic nitrogens is 1. The molecule has 5 rings (SSSR count). The zero-order valence-electron chi connectivity index (χ0n) is 16.7. The van der Waals surface area contributed by atoms with Crippen molar-refractivity contribution in [3.63, 3.8) is 0 Å². The molecule has 0 bridgehead atoms. The molecule has 0 radical (unpaired) electrons. The highest BCUT2D eigenvalue weighted by Gasteiger charge is 2.42. The van der Waals surface area contributed by atoms with Crippen LogP contribution in [0.25, 0.3) is 10.9 Å². The number of ether oxygens (including phenoxy) is 1. The number of halogens is 2. The van der Waals surface area contributed by atoms with E-state index in [1.54, 1.807) is 4.90 Å². The lowest BCUT2D eigenvalue weighted by Crippen LogP contribution is -2.50. The van der Waals surface area contributed by atoms with Crippen molar-refractivity contribution in [2.75, 3.05) is 26.2 Å². The number of fused-ring (bicyclic) bond motifs is 2. The Hall–Kier alpha value is -3.10. The van der Waals surface area contributed by atoms with Crippen LogP contribution >= 0.6 is 0 Å². The van der Waals surface area contributed by atoms with Crippen LogP contribution in [0.1, 0.15) is 15.9 Å². The first kappa shape index (κ1) is 19.8. The number of nitrogens with one attached hydrogen (secondary N) is 1. The predicted octanol–water partition coefficient (Wildman–Crippen LogP) is 2.53. The van der Waals surface area contributed by atoms with E-state index in [1.165, 1.54) is 11.8 Å². The van der Waals surface area contributed by atoms with E-state index in [0.717, 1.165) is 19.2 Å². The van der Waals surface area contributed by atoms with E-state index in [2.05, 4.69) is 22.0 Å². The Balaban J connectivity index is 1.40. The zero-order valence-corrected chi connectivity index (χ0v) is 16.7. The number of hydrogen-bond acceptors (Lipinski definition) is 4. The van der Waals surface area contributed by atoms with Gasteiger partial charge in [-0.05, 0) is 11.6 Å². The molecule has 2 saturated heterocycles. The normalized spacial score (nSPS) is 21.4. The maximum Gasteiger partial charge on any atom is 0.259 e. The largest absolute Gasteiger partial charge is 0.373 e. The first-order valence-corrected chi connectivity index (χ1v) is 10.2. The average Bonchev–Trinajstić information content (AvgIpc) is 3.20. The number of aromatic amines is 1. The lowest BCUT2D eigenvalue weighted by Gasteiger charge is -2.36. The monoisotopic (exact) mass is 425 g/mol. The number of rotatable bonds is 3. The number of morpholine rings is 1. The molecule has 1 aromatic heterocycles. The van der Waals surface area contributed by atoms with Gasteiger partial charge in [0.15, 0.2) is 0 Å². The van der Waals surface area contributed by atoms with Gasteiger partial charge in [-0.1, -0.05) is 30.3 Å². The quantitative estimate of drug-likeness (QED) is 0.701. The van der Waals surface area contributed by atoms with Gasteiger partial charge in [0.2, 0.25) is 5.43 Å². The van der Waals surface area contributed by atoms with Crippen LogP contribution in [0.3, 0.4) is 0 Å². The fraction of sp³-hybridized carbons (Fsp3) is 0.304. The van der Waals surface area contributed by atoms with Gasteiger partial charge in [-0.2, -0.15) is 0 Å². The summed E-state index contributed by atoms with van der Waals surface area (Å²) in [6.07, 6.45) is 1.06. The summed E-state index contributed by atoms with van der Waals surface area (Å²) in [6.45, 7) is 2.87. The van der Waals surface area contributed by atoms with Gasteiger partial charge in [0.05, 0.1) is 29.7 Å². The van der Waals surface area contributed by atoms with Crippen molar-refractivity contribution >= 4 is 16.8 Å². The molecule has 8 heteroatoms. The Bertz CT molecular complexity index is 1200. The van der Waals surface area contributed by atoms with E-state index >= 15 is 0 Å². The van der Waals surface area contributed by atoms with Crippen LogP contribution in [0, 0.1) is 11.6 Å². The number of H-pyrrole nitrogens is 1. The zero-order chi connectivity index (χ0) is 21.5. The van der Waals surface area contributed by atoms with Crippen LogP contribution in [0.5, 0.6) is 0 Å². The van der Waals surface area contributed by atoms with Gasteiger partial charge in [-0.3, -0.25) is 14.5 Å². The first-order valence-electron chi connectivity index (χ1n) is 10.2. The van der Waals surface area contributed by atoms with E-state index in [4.69, 9.17) is 4.74 Å². The molecule has 3 aromatic rings. The molecule has 1 N–H and O–H groups in total. The summed E-state index contributed by atoms with van der Waals surface area (Å²) >= 11 is 0. The molecule has 2 fully saturated rings. The number of amides is 1. The number of likely N-dealkylation sites (tertiary alicyclic amines) is 1. The Labute approximate surface area is 177 Å². The Morgan fingerprint density at radius 1 is 1.16 bits per heavy atom. The van der Waals surface area contributed by atoms with Crippen molar-refractivity contribution in [2.24, 2.45) is 0 Å². The van der Waals surface area contributed by atoms with E-state index in [9.17, 15) is 18.4 Å². The van der Waals surface area contributed by atoms with Crippen LogP contribution in [-0.2, 0) is 11.3 Å². The van der Waals surface area contributed by atoms with Crippen LogP contribution in [0.4, 0.5) is 8.78 Å². The molecule has 0 saturated carbocycles. The lowest BCUT2D eigenvalue weighted by atomic mass is 10.1. The van der Waals surface area contributed by atoms with Crippen molar-refractivity contribution < 1.29 is 18.3 Å². The molecule has 3 heterocycles. The number of carbonyl (C=O) groups excluding carboxylic acids is 1. The Kier molecular flexibility index (Phi) is 5.03. The van der Waals surface area contributed by atoms with E-state index in [1.807, 2.05) is 18.2 Å². The van der Waals surface area contributed by atoms with Crippen LogP contribution in [0.2, 0.25) is 0 Å². The molecular formula is C23H21F2N3O3. The van der Waals surface area contributed by atoms with E-state index in [0.29, 0.717) is 25.8 Å². The molecule has 6 nitrogen and oxygen atoms in total. The number of hydrogen-bond donors (Lipinski definition) is 1. The Morgan fingerprint density at radius 2 is 1.97 bits per heavy atom. The molecule has 2 aliphatic heterocycles. The van der Waals surface area contributed by atoms with Crippen molar-refractivity contribution in [1.82, 2.24) is 14.8 Å². The second-order valence-electron chi connectivity index (χ2n) is 7.98. The molecular weight excluding hydrogens is 404 g/mol. The summed E-state index contributed by atoms with van der Waals surface area (Å²) in [5, 5.41) is -0.179. The molecule has 2 aromatic carbocycles. The lowest BCUT2D eigenvalue weighted by molar-refractivity contribution is -0.0503. The van der Waals surface area contributed by atoms with Gasteiger partial charge in [-0.15, -0.1) is 0 Å². The minimum absolute atomic E-state index is 0.0207. The van der Waals surface area contributed by atoms with Crippen molar-refractivity contribution in [3.8, 4) is 0 Å². The number of carbonyl (C=O) groups is 1. The number of nitrogens with zero attached hydrogens (tertiary/aromatic N) is 2. The van der Waals surface area contributed by atoms with Gasteiger partial charge in [0.25, 0.3) is 5.91 Å². The third kappa shape index (κ3) is 3.62. The highest BCUT2D eigenvalue weighted by molar-refractivity contribution is 5.97. The van der Waals surface area contributed by atoms with Crippen molar-refractivity contribution in [2.45, 2.75) is 18.7 Å². The molecule has 2 unspecified atom stereocenters. The fourth-order valence-electron chi connectivity index (χ4n) is 4.52. The molecule has 160 valence electrons. The molecule has 31 heavy (non-hydrogen) atoms. The summed E-state index contributed by atoms with van der Waals surface area (Å²) in [6, 6.07) is 11.8. The predicted molar refractivity (Wildman–Crippen MR) is 111 cm³/mol. The Morgan fingerprint density at radius 3 is 2.77 bits per heavy atom. The molecule has 1 amide bonds. The maximum atomic E-state index is 14.0. The summed E-state index contributed by atoms with van der Waals surface area (Å²) < 4.78 is 33.5. The highest BCUT2D eigenvalue weighted by atomic mass is 19.1. The third-order valence-corrected chi connectivity index (χ3v) is 6.07. The molecule has 0 aliphatic carbocycles. The minimum Gasteiger partial charge on any atom is -0.373 e. The first-order chi connectivity index (χ1) is 15.0. The van der Waals surface area contributed by atoms with Crippen molar-refractivity contribution in [1.29, 1.82) is 0 Å². The van der Waals surface area contributed by atoms with E-state index < -0.39 is 23.0 Å². The van der Waals surface area contributed by atoms with Crippen molar-refractivity contribution in [3.05, 3.63) is 81.6 Å². The average molecular weight is 425 g/mol. The van der Waals surface area contributed by atoms with Crippen LogP contribution in [0.15, 0.2) is 53.5 Å². The molecule has 0 spiro atoms. The summed E-state index contributed by atoms with van der Waals surface area (Å²) in [5.74, 6) is -2.20. The van der Waals surface area contributed by atoms with E-state index in [-0.39, 0.29) is 28.6 Å². The second-order valence-corrected chi connectivity index (χ2v) is 7.98. The van der Waals surface area contributed by atoms with Gasteiger partial charge < -0.3 is 14.6 Å². The number of benzene rings is 2. The van der Waals surface area contributed by atoms with Gasteiger partial charge in [0, 0.05) is 38.4 Å². The summed E-state index contributed by atoms with van der Waals surface area (Å²) in [4.78, 5) is 32.5. The smallest absolute Gasteiger partial charge is 0.259 e. The van der Waals surface area contributed by atoms with Crippen LogP contribution in [-0.4, -0.2) is 59.1 Å². The summed E-state index contributed by atoms with van der Waals surface area (Å²) in [7, 11) is 0. The minimum atomic E-state index is -0.872. The summed E-state index contributed by atoms with van der Waals surface area (Å²) in [5.41, 5.74) is 0.248. The fourth-order valence-corrected chi connectivity index (χ4v) is 4.52. The second kappa shape index (κ2) is 7.86.